The van der Waals surface area contributed by atoms with E-state index in [1.54, 1.807) is 0 Å². The molecule has 1 heterocycles. The lowest BCUT2D eigenvalue weighted by Crippen LogP contribution is -2.36. The fourth-order valence-electron chi connectivity index (χ4n) is 1.34. The summed E-state index contributed by atoms with van der Waals surface area (Å²) < 4.78 is 0. The Hall–Kier alpha value is -1.58. The van der Waals surface area contributed by atoms with Crippen molar-refractivity contribution in [3.05, 3.63) is 24.0 Å². The molecule has 16 heavy (non-hydrogen) atoms. The molecule has 4 heteroatoms. The summed E-state index contributed by atoms with van der Waals surface area (Å²) in [5, 5.41) is 12.1. The van der Waals surface area contributed by atoms with Crippen molar-refractivity contribution in [3.8, 4) is 5.75 Å². The molecule has 0 aromatic carbocycles. The molecule has 0 spiro atoms. The SMILES string of the molecule is CCC(C)C(C)NC(=O)c1cncc(O)c1. The van der Waals surface area contributed by atoms with Crippen LogP contribution >= 0.6 is 0 Å². The molecular weight excluding hydrogens is 204 g/mol. The Bertz CT molecular complexity index is 366. The van der Waals surface area contributed by atoms with Crippen molar-refractivity contribution in [1.29, 1.82) is 0 Å². The van der Waals surface area contributed by atoms with Crippen molar-refractivity contribution in [2.45, 2.75) is 33.2 Å². The quantitative estimate of drug-likeness (QED) is 0.818. The van der Waals surface area contributed by atoms with Crippen molar-refractivity contribution >= 4 is 5.91 Å². The molecule has 0 fully saturated rings. The van der Waals surface area contributed by atoms with Crippen LogP contribution in [-0.2, 0) is 0 Å². The maximum Gasteiger partial charge on any atom is 0.253 e. The van der Waals surface area contributed by atoms with Gasteiger partial charge >= 0.3 is 0 Å². The number of carbonyl (C=O) groups is 1. The molecule has 0 saturated carbocycles. The van der Waals surface area contributed by atoms with Gasteiger partial charge in [-0.15, -0.1) is 0 Å². The van der Waals surface area contributed by atoms with E-state index in [2.05, 4.69) is 24.1 Å². The highest BCUT2D eigenvalue weighted by Crippen LogP contribution is 2.11. The van der Waals surface area contributed by atoms with Gasteiger partial charge in [0.05, 0.1) is 11.8 Å². The minimum atomic E-state index is -0.198. The van der Waals surface area contributed by atoms with Gasteiger partial charge in [-0.3, -0.25) is 9.78 Å². The van der Waals surface area contributed by atoms with Gasteiger partial charge in [-0.2, -0.15) is 0 Å². The van der Waals surface area contributed by atoms with E-state index in [-0.39, 0.29) is 17.7 Å². The molecule has 88 valence electrons. The monoisotopic (exact) mass is 222 g/mol. The van der Waals surface area contributed by atoms with Crippen molar-refractivity contribution < 1.29 is 9.90 Å². The summed E-state index contributed by atoms with van der Waals surface area (Å²) >= 11 is 0. The third-order valence-corrected chi connectivity index (χ3v) is 2.84. The van der Waals surface area contributed by atoms with Crippen LogP contribution < -0.4 is 5.32 Å². The van der Waals surface area contributed by atoms with Crippen LogP contribution in [0.4, 0.5) is 0 Å². The standard InChI is InChI=1S/C12H18N2O2/c1-4-8(2)9(3)14-12(16)10-5-11(15)7-13-6-10/h5-9,15H,4H2,1-3H3,(H,14,16). The van der Waals surface area contributed by atoms with Crippen molar-refractivity contribution in [2.24, 2.45) is 5.92 Å². The Labute approximate surface area is 95.7 Å². The molecule has 1 aromatic rings. The topological polar surface area (TPSA) is 62.2 Å². The van der Waals surface area contributed by atoms with Crippen LogP contribution in [0.1, 0.15) is 37.6 Å². The van der Waals surface area contributed by atoms with Crippen LogP contribution in [0.25, 0.3) is 0 Å². The number of hydrogen-bond donors (Lipinski definition) is 2. The largest absolute Gasteiger partial charge is 0.506 e. The lowest BCUT2D eigenvalue weighted by Gasteiger charge is -2.19. The number of hydrogen-bond acceptors (Lipinski definition) is 3. The highest BCUT2D eigenvalue weighted by molar-refractivity contribution is 5.94. The molecule has 0 aliphatic carbocycles. The highest BCUT2D eigenvalue weighted by Gasteiger charge is 2.14. The molecule has 0 bridgehead atoms. The molecule has 2 N–H and O–H groups in total. The number of carbonyl (C=O) groups excluding carboxylic acids is 1. The number of aromatic hydroxyl groups is 1. The zero-order valence-electron chi connectivity index (χ0n) is 9.90. The van der Waals surface area contributed by atoms with Crippen molar-refractivity contribution in [3.63, 3.8) is 0 Å². The lowest BCUT2D eigenvalue weighted by molar-refractivity contribution is 0.0927. The summed E-state index contributed by atoms with van der Waals surface area (Å²) in [6.45, 7) is 6.15. The summed E-state index contributed by atoms with van der Waals surface area (Å²) in [6.07, 6.45) is 3.76. The van der Waals surface area contributed by atoms with Crippen LogP contribution in [0.2, 0.25) is 0 Å². The van der Waals surface area contributed by atoms with Gasteiger partial charge in [-0.25, -0.2) is 0 Å². The number of amides is 1. The summed E-state index contributed by atoms with van der Waals surface area (Å²) in [5.41, 5.74) is 0.384. The molecule has 0 saturated heterocycles. The molecule has 2 unspecified atom stereocenters. The number of pyridine rings is 1. The highest BCUT2D eigenvalue weighted by atomic mass is 16.3. The normalized spacial score (nSPS) is 14.2. The van der Waals surface area contributed by atoms with Gasteiger partial charge < -0.3 is 10.4 Å². The van der Waals surface area contributed by atoms with Crippen LogP contribution in [0, 0.1) is 5.92 Å². The first-order valence-electron chi connectivity index (χ1n) is 5.49. The molecule has 2 atom stereocenters. The Morgan fingerprint density at radius 2 is 2.19 bits per heavy atom. The zero-order valence-corrected chi connectivity index (χ0v) is 9.90. The zero-order chi connectivity index (χ0) is 12.1. The molecule has 1 aromatic heterocycles. The Morgan fingerprint density at radius 1 is 1.50 bits per heavy atom. The molecule has 0 aliphatic heterocycles. The summed E-state index contributed by atoms with van der Waals surface area (Å²) in [7, 11) is 0. The van der Waals surface area contributed by atoms with Gasteiger partial charge in [0, 0.05) is 12.2 Å². The van der Waals surface area contributed by atoms with E-state index in [1.165, 1.54) is 18.5 Å². The van der Waals surface area contributed by atoms with Gasteiger partial charge in [0.1, 0.15) is 5.75 Å². The molecule has 4 nitrogen and oxygen atoms in total. The third-order valence-electron chi connectivity index (χ3n) is 2.84. The van der Waals surface area contributed by atoms with E-state index in [9.17, 15) is 9.90 Å². The van der Waals surface area contributed by atoms with E-state index < -0.39 is 0 Å². The minimum Gasteiger partial charge on any atom is -0.506 e. The van der Waals surface area contributed by atoms with Crippen molar-refractivity contribution in [2.75, 3.05) is 0 Å². The predicted molar refractivity (Wildman–Crippen MR) is 62.3 cm³/mol. The van der Waals surface area contributed by atoms with E-state index >= 15 is 0 Å². The molecule has 1 amide bonds. The van der Waals surface area contributed by atoms with Crippen LogP contribution in [0.5, 0.6) is 5.75 Å². The first-order valence-corrected chi connectivity index (χ1v) is 5.49. The van der Waals surface area contributed by atoms with Crippen LogP contribution in [0.3, 0.4) is 0 Å². The Balaban J connectivity index is 2.66. The van der Waals surface area contributed by atoms with Gasteiger partial charge in [0.25, 0.3) is 5.91 Å². The van der Waals surface area contributed by atoms with Gasteiger partial charge in [-0.05, 0) is 18.9 Å². The van der Waals surface area contributed by atoms with E-state index in [0.29, 0.717) is 11.5 Å². The molecular formula is C12H18N2O2. The Morgan fingerprint density at radius 3 is 2.75 bits per heavy atom. The number of rotatable bonds is 4. The lowest BCUT2D eigenvalue weighted by atomic mass is 10.0. The fourth-order valence-corrected chi connectivity index (χ4v) is 1.34. The number of nitrogens with zero attached hydrogens (tertiary/aromatic N) is 1. The second-order valence-corrected chi connectivity index (χ2v) is 4.08. The summed E-state index contributed by atoms with van der Waals surface area (Å²) in [6, 6.07) is 1.52. The van der Waals surface area contributed by atoms with E-state index in [1.807, 2.05) is 6.92 Å². The second-order valence-electron chi connectivity index (χ2n) is 4.08. The average molecular weight is 222 g/mol. The van der Waals surface area contributed by atoms with E-state index in [4.69, 9.17) is 0 Å². The number of aromatic nitrogens is 1. The minimum absolute atomic E-state index is 0.00356. The predicted octanol–water partition coefficient (Wildman–Crippen LogP) is 1.95. The van der Waals surface area contributed by atoms with E-state index in [0.717, 1.165) is 6.42 Å². The smallest absolute Gasteiger partial charge is 0.253 e. The fraction of sp³-hybridized carbons (Fsp3) is 0.500. The second kappa shape index (κ2) is 5.49. The van der Waals surface area contributed by atoms with Gasteiger partial charge in [-0.1, -0.05) is 20.3 Å². The van der Waals surface area contributed by atoms with Gasteiger partial charge in [0.15, 0.2) is 0 Å². The maximum atomic E-state index is 11.8. The summed E-state index contributed by atoms with van der Waals surface area (Å²) in [5.74, 6) is 0.231. The molecule has 0 aliphatic rings. The molecule has 1 rings (SSSR count). The van der Waals surface area contributed by atoms with Gasteiger partial charge in [0.2, 0.25) is 0 Å². The van der Waals surface area contributed by atoms with Crippen molar-refractivity contribution in [1.82, 2.24) is 10.3 Å². The Kier molecular flexibility index (Phi) is 4.28. The first-order chi connectivity index (χ1) is 7.54. The van der Waals surface area contributed by atoms with Crippen LogP contribution in [0.15, 0.2) is 18.5 Å². The third kappa shape index (κ3) is 3.22. The average Bonchev–Trinajstić information content (AvgIpc) is 2.27. The molecule has 0 radical (unpaired) electrons. The summed E-state index contributed by atoms with van der Waals surface area (Å²) in [4.78, 5) is 15.5. The van der Waals surface area contributed by atoms with Crippen LogP contribution in [-0.4, -0.2) is 22.0 Å². The number of nitrogens with one attached hydrogen (secondary N) is 1. The first kappa shape index (κ1) is 12.5. The maximum absolute atomic E-state index is 11.8.